The summed E-state index contributed by atoms with van der Waals surface area (Å²) in [5, 5.41) is 0. The first-order valence-electron chi connectivity index (χ1n) is 5.24. The predicted molar refractivity (Wildman–Crippen MR) is 66.7 cm³/mol. The number of hydrogen-bond acceptors (Lipinski definition) is 3. The molecule has 0 amide bonds. The van der Waals surface area contributed by atoms with E-state index < -0.39 is 0 Å². The largest absolute Gasteiger partial charge is 0.303 e. The average molecular weight is 231 g/mol. The van der Waals surface area contributed by atoms with E-state index in [9.17, 15) is 4.79 Å². The van der Waals surface area contributed by atoms with Crippen LogP contribution in [-0.4, -0.2) is 11.3 Å². The van der Waals surface area contributed by atoms with Gasteiger partial charge in [-0.25, -0.2) is 4.98 Å². The molecule has 3 heteroatoms. The minimum Gasteiger partial charge on any atom is -0.303 e. The van der Waals surface area contributed by atoms with Gasteiger partial charge in [-0.2, -0.15) is 0 Å². The van der Waals surface area contributed by atoms with Gasteiger partial charge in [-0.15, -0.1) is 11.3 Å². The van der Waals surface area contributed by atoms with Crippen molar-refractivity contribution in [2.24, 2.45) is 0 Å². The first-order chi connectivity index (χ1) is 7.81. The number of carbonyl (C=O) groups is 1. The maximum Gasteiger partial charge on any atom is 0.120 e. The molecule has 1 heterocycles. The molecule has 0 atom stereocenters. The lowest BCUT2D eigenvalue weighted by Gasteiger charge is -2.01. The van der Waals surface area contributed by atoms with Gasteiger partial charge in [0.05, 0.1) is 16.1 Å². The monoisotopic (exact) mass is 231 g/mol. The first kappa shape index (κ1) is 11.0. The molecular weight excluding hydrogens is 218 g/mol. The first-order valence-corrected chi connectivity index (χ1v) is 6.12. The molecule has 0 fully saturated rings. The molecule has 0 aliphatic rings. The normalized spacial score (nSPS) is 10.3. The number of benzene rings is 1. The second-order valence-electron chi connectivity index (χ2n) is 3.67. The third kappa shape index (κ3) is 2.36. The minimum absolute atomic E-state index is 0.596. The van der Waals surface area contributed by atoms with Crippen LogP contribution < -0.4 is 0 Å². The quantitative estimate of drug-likeness (QED) is 0.756. The lowest BCUT2D eigenvalue weighted by molar-refractivity contribution is -0.107. The van der Waals surface area contributed by atoms with E-state index in [-0.39, 0.29) is 0 Å². The molecular formula is C13H13NOS. The van der Waals surface area contributed by atoms with E-state index in [0.29, 0.717) is 6.42 Å². The summed E-state index contributed by atoms with van der Waals surface area (Å²) in [7, 11) is 0. The molecule has 1 aromatic carbocycles. The zero-order chi connectivity index (χ0) is 11.4. The van der Waals surface area contributed by atoms with Crippen molar-refractivity contribution in [3.8, 4) is 10.4 Å². The highest BCUT2D eigenvalue weighted by Crippen LogP contribution is 2.27. The third-order valence-corrected chi connectivity index (χ3v) is 3.49. The van der Waals surface area contributed by atoms with E-state index in [1.807, 2.05) is 12.4 Å². The highest BCUT2D eigenvalue weighted by atomic mass is 32.1. The second kappa shape index (κ2) is 5.03. The van der Waals surface area contributed by atoms with Crippen molar-refractivity contribution in [3.05, 3.63) is 41.0 Å². The molecule has 16 heavy (non-hydrogen) atoms. The SMILES string of the molecule is Cc1ncsc1-c1ccc(CCC=O)cc1. The van der Waals surface area contributed by atoms with Crippen molar-refractivity contribution in [3.63, 3.8) is 0 Å². The van der Waals surface area contributed by atoms with Crippen LogP contribution in [0.2, 0.25) is 0 Å². The number of nitrogens with zero attached hydrogens (tertiary/aromatic N) is 1. The second-order valence-corrected chi connectivity index (χ2v) is 4.52. The van der Waals surface area contributed by atoms with Gasteiger partial charge in [0.1, 0.15) is 6.29 Å². The van der Waals surface area contributed by atoms with E-state index in [0.717, 1.165) is 18.4 Å². The van der Waals surface area contributed by atoms with Crippen molar-refractivity contribution in [1.29, 1.82) is 0 Å². The summed E-state index contributed by atoms with van der Waals surface area (Å²) >= 11 is 1.66. The summed E-state index contributed by atoms with van der Waals surface area (Å²) < 4.78 is 0. The Kier molecular flexibility index (Phi) is 3.47. The van der Waals surface area contributed by atoms with Gasteiger partial charge in [-0.3, -0.25) is 0 Å². The Morgan fingerprint density at radius 1 is 1.31 bits per heavy atom. The molecule has 0 saturated carbocycles. The van der Waals surface area contributed by atoms with E-state index >= 15 is 0 Å². The third-order valence-electron chi connectivity index (χ3n) is 2.51. The van der Waals surface area contributed by atoms with E-state index in [4.69, 9.17) is 0 Å². The van der Waals surface area contributed by atoms with Gasteiger partial charge in [0, 0.05) is 6.42 Å². The summed E-state index contributed by atoms with van der Waals surface area (Å²) in [6, 6.07) is 8.36. The fraction of sp³-hybridized carbons (Fsp3) is 0.231. The van der Waals surface area contributed by atoms with E-state index in [1.165, 1.54) is 16.0 Å². The van der Waals surface area contributed by atoms with Crippen molar-refractivity contribution in [1.82, 2.24) is 4.98 Å². The van der Waals surface area contributed by atoms with Gasteiger partial charge >= 0.3 is 0 Å². The Balaban J connectivity index is 2.19. The number of thiazole rings is 1. The van der Waals surface area contributed by atoms with Gasteiger partial charge < -0.3 is 4.79 Å². The minimum atomic E-state index is 0.596. The molecule has 0 N–H and O–H groups in total. The summed E-state index contributed by atoms with van der Waals surface area (Å²) in [5.74, 6) is 0. The zero-order valence-electron chi connectivity index (χ0n) is 9.14. The number of hydrogen-bond donors (Lipinski definition) is 0. The van der Waals surface area contributed by atoms with Gasteiger partial charge in [0.2, 0.25) is 0 Å². The molecule has 0 aliphatic heterocycles. The topological polar surface area (TPSA) is 30.0 Å². The molecule has 2 rings (SSSR count). The van der Waals surface area contributed by atoms with Crippen LogP contribution in [0.3, 0.4) is 0 Å². The molecule has 0 saturated heterocycles. The van der Waals surface area contributed by atoms with Gasteiger partial charge in [0.15, 0.2) is 0 Å². The van der Waals surface area contributed by atoms with Crippen molar-refractivity contribution >= 4 is 17.6 Å². The molecule has 0 radical (unpaired) electrons. The summed E-state index contributed by atoms with van der Waals surface area (Å²) in [5.41, 5.74) is 5.35. The van der Waals surface area contributed by atoms with Gasteiger partial charge in [-0.1, -0.05) is 24.3 Å². The van der Waals surface area contributed by atoms with Crippen LogP contribution in [0.5, 0.6) is 0 Å². The Morgan fingerprint density at radius 2 is 2.06 bits per heavy atom. The standard InChI is InChI=1S/C13H13NOS/c1-10-13(16-9-14-10)12-6-4-11(5-7-12)3-2-8-15/h4-9H,2-3H2,1H3. The van der Waals surface area contributed by atoms with Gasteiger partial charge in [0.25, 0.3) is 0 Å². The molecule has 82 valence electrons. The van der Waals surface area contributed by atoms with Crippen molar-refractivity contribution < 1.29 is 4.79 Å². The number of rotatable bonds is 4. The Morgan fingerprint density at radius 3 is 2.62 bits per heavy atom. The van der Waals surface area contributed by atoms with Crippen LogP contribution in [0, 0.1) is 6.92 Å². The molecule has 1 aromatic heterocycles. The fourth-order valence-corrected chi connectivity index (χ4v) is 2.44. The van der Waals surface area contributed by atoms with Crippen LogP contribution in [0.15, 0.2) is 29.8 Å². The Bertz CT molecular complexity index is 473. The summed E-state index contributed by atoms with van der Waals surface area (Å²) in [6.07, 6.45) is 2.38. The summed E-state index contributed by atoms with van der Waals surface area (Å²) in [4.78, 5) is 15.7. The van der Waals surface area contributed by atoms with Crippen molar-refractivity contribution in [2.45, 2.75) is 19.8 Å². The molecule has 2 nitrogen and oxygen atoms in total. The van der Waals surface area contributed by atoms with Crippen LogP contribution in [0.1, 0.15) is 17.7 Å². The molecule has 0 bridgehead atoms. The van der Waals surface area contributed by atoms with Crippen molar-refractivity contribution in [2.75, 3.05) is 0 Å². The maximum absolute atomic E-state index is 10.3. The smallest absolute Gasteiger partial charge is 0.120 e. The molecule has 0 spiro atoms. The maximum atomic E-state index is 10.3. The lowest BCUT2D eigenvalue weighted by Crippen LogP contribution is -1.86. The molecule has 0 aliphatic carbocycles. The summed E-state index contributed by atoms with van der Waals surface area (Å²) in [6.45, 7) is 2.02. The Labute approximate surface area is 99.0 Å². The van der Waals surface area contributed by atoms with Crippen LogP contribution in [-0.2, 0) is 11.2 Å². The van der Waals surface area contributed by atoms with Crippen LogP contribution in [0.25, 0.3) is 10.4 Å². The van der Waals surface area contributed by atoms with Gasteiger partial charge in [-0.05, 0) is 24.5 Å². The zero-order valence-corrected chi connectivity index (χ0v) is 9.96. The highest BCUT2D eigenvalue weighted by Gasteiger charge is 2.04. The predicted octanol–water partition coefficient (Wildman–Crippen LogP) is 3.25. The van der Waals surface area contributed by atoms with Crippen LogP contribution in [0.4, 0.5) is 0 Å². The van der Waals surface area contributed by atoms with E-state index in [2.05, 4.69) is 29.2 Å². The van der Waals surface area contributed by atoms with Crippen LogP contribution >= 0.6 is 11.3 Å². The average Bonchev–Trinajstić information content (AvgIpc) is 2.74. The number of aromatic nitrogens is 1. The number of aryl methyl sites for hydroxylation is 2. The van der Waals surface area contributed by atoms with E-state index in [1.54, 1.807) is 11.3 Å². The Hall–Kier alpha value is -1.48. The number of carbonyl (C=O) groups excluding carboxylic acids is 1. The number of aldehydes is 1. The molecule has 0 unspecified atom stereocenters. The molecule has 2 aromatic rings. The fourth-order valence-electron chi connectivity index (χ4n) is 1.63. The highest BCUT2D eigenvalue weighted by molar-refractivity contribution is 7.13. The lowest BCUT2D eigenvalue weighted by atomic mass is 10.1.